The molecule has 84 valence electrons. The van der Waals surface area contributed by atoms with Gasteiger partial charge < -0.3 is 10.1 Å². The van der Waals surface area contributed by atoms with Crippen LogP contribution in [0.15, 0.2) is 24.3 Å². The smallest absolute Gasteiger partial charge is 0.408 e. The zero-order valence-corrected chi connectivity index (χ0v) is 9.54. The third-order valence-electron chi connectivity index (χ3n) is 4.16. The Labute approximate surface area is 94.8 Å². The minimum atomic E-state index is -0.418. The zero-order chi connectivity index (χ0) is 11.4. The Balaban J connectivity index is 2.21. The molecule has 2 atom stereocenters. The quantitative estimate of drug-likeness (QED) is 0.724. The van der Waals surface area contributed by atoms with Crippen molar-refractivity contribution in [2.24, 2.45) is 0 Å². The highest BCUT2D eigenvalue weighted by molar-refractivity contribution is 5.73. The summed E-state index contributed by atoms with van der Waals surface area (Å²) in [6.07, 6.45) is 1.54. The second kappa shape index (κ2) is 2.78. The van der Waals surface area contributed by atoms with E-state index in [1.807, 2.05) is 19.1 Å². The summed E-state index contributed by atoms with van der Waals surface area (Å²) in [5.41, 5.74) is 1.69. The van der Waals surface area contributed by atoms with E-state index in [0.29, 0.717) is 0 Å². The van der Waals surface area contributed by atoms with E-state index in [4.69, 9.17) is 4.74 Å². The molecule has 1 aliphatic carbocycles. The highest BCUT2D eigenvalue weighted by Crippen LogP contribution is 2.47. The SMILES string of the molecule is C[C@@]12CCc3ccccc3[C@]1(C)NC(=O)O2. The molecule has 1 aromatic carbocycles. The molecule has 0 saturated carbocycles. The van der Waals surface area contributed by atoms with Crippen LogP contribution in [-0.4, -0.2) is 11.7 Å². The largest absolute Gasteiger partial charge is 0.440 e. The number of benzene rings is 1. The van der Waals surface area contributed by atoms with Crippen molar-refractivity contribution in [2.45, 2.75) is 37.8 Å². The fourth-order valence-corrected chi connectivity index (χ4v) is 2.92. The molecular formula is C13H15NO2. The Morgan fingerprint density at radius 2 is 2.06 bits per heavy atom. The monoisotopic (exact) mass is 217 g/mol. The van der Waals surface area contributed by atoms with Crippen LogP contribution >= 0.6 is 0 Å². The Kier molecular flexibility index (Phi) is 1.69. The van der Waals surface area contributed by atoms with Crippen molar-refractivity contribution >= 4 is 6.09 Å². The van der Waals surface area contributed by atoms with Crippen LogP contribution < -0.4 is 5.32 Å². The first-order valence-corrected chi connectivity index (χ1v) is 5.65. The Hall–Kier alpha value is -1.51. The number of aryl methyl sites for hydroxylation is 1. The van der Waals surface area contributed by atoms with Gasteiger partial charge in [-0.2, -0.15) is 0 Å². The standard InChI is InChI=1S/C13H15NO2/c1-12-8-7-9-5-3-4-6-10(9)13(12,2)14-11(15)16-12/h3-6H,7-8H2,1-2H3,(H,14,15)/t12-,13+/m1/s1. The number of ether oxygens (including phenoxy) is 1. The van der Waals surface area contributed by atoms with E-state index in [2.05, 4.69) is 24.4 Å². The number of amides is 1. The summed E-state index contributed by atoms with van der Waals surface area (Å²) in [4.78, 5) is 11.5. The second-order valence-corrected chi connectivity index (χ2v) is 5.03. The number of hydrogen-bond donors (Lipinski definition) is 1. The van der Waals surface area contributed by atoms with Crippen LogP contribution in [0.3, 0.4) is 0 Å². The number of hydrogen-bond acceptors (Lipinski definition) is 2. The lowest BCUT2D eigenvalue weighted by Gasteiger charge is -2.42. The maximum Gasteiger partial charge on any atom is 0.408 e. The number of carbonyl (C=O) groups excluding carboxylic acids is 1. The molecule has 1 aliphatic heterocycles. The van der Waals surface area contributed by atoms with E-state index >= 15 is 0 Å². The van der Waals surface area contributed by atoms with Crippen LogP contribution in [0.4, 0.5) is 4.79 Å². The number of nitrogens with one attached hydrogen (secondary N) is 1. The van der Waals surface area contributed by atoms with Crippen LogP contribution in [0.25, 0.3) is 0 Å². The van der Waals surface area contributed by atoms with Gasteiger partial charge in [0.05, 0.1) is 0 Å². The molecule has 1 saturated heterocycles. The summed E-state index contributed by atoms with van der Waals surface area (Å²) < 4.78 is 5.46. The van der Waals surface area contributed by atoms with Crippen molar-refractivity contribution in [3.8, 4) is 0 Å². The molecule has 1 aromatic rings. The van der Waals surface area contributed by atoms with Crippen LogP contribution in [0.2, 0.25) is 0 Å². The van der Waals surface area contributed by atoms with E-state index in [1.165, 1.54) is 11.1 Å². The van der Waals surface area contributed by atoms with E-state index in [0.717, 1.165) is 12.8 Å². The fraction of sp³-hybridized carbons (Fsp3) is 0.462. The second-order valence-electron chi connectivity index (χ2n) is 5.03. The molecule has 1 amide bonds. The summed E-state index contributed by atoms with van der Waals surface area (Å²) in [7, 11) is 0. The van der Waals surface area contributed by atoms with Gasteiger partial charge in [-0.3, -0.25) is 0 Å². The van der Waals surface area contributed by atoms with Gasteiger partial charge in [-0.05, 0) is 37.8 Å². The summed E-state index contributed by atoms with van der Waals surface area (Å²) in [6, 6.07) is 8.27. The number of alkyl carbamates (subject to hydrolysis) is 1. The molecule has 0 bridgehead atoms. The van der Waals surface area contributed by atoms with Gasteiger partial charge in [0.1, 0.15) is 11.1 Å². The number of fused-ring (bicyclic) bond motifs is 3. The molecule has 3 nitrogen and oxygen atoms in total. The molecule has 3 heteroatoms. The Bertz CT molecular complexity index is 471. The van der Waals surface area contributed by atoms with E-state index in [1.54, 1.807) is 0 Å². The molecule has 1 N–H and O–H groups in total. The van der Waals surface area contributed by atoms with Crippen molar-refractivity contribution in [3.63, 3.8) is 0 Å². The maximum absolute atomic E-state index is 11.5. The molecule has 0 aromatic heterocycles. The Morgan fingerprint density at radius 3 is 2.88 bits per heavy atom. The van der Waals surface area contributed by atoms with Crippen molar-refractivity contribution in [2.75, 3.05) is 0 Å². The van der Waals surface area contributed by atoms with Crippen molar-refractivity contribution in [1.29, 1.82) is 0 Å². The first-order valence-electron chi connectivity index (χ1n) is 5.65. The predicted octanol–water partition coefficient (Wildman–Crippen LogP) is 2.35. The molecule has 0 spiro atoms. The molecule has 0 unspecified atom stereocenters. The van der Waals surface area contributed by atoms with Crippen LogP contribution in [0, 0.1) is 0 Å². The van der Waals surface area contributed by atoms with Gasteiger partial charge in [0.15, 0.2) is 0 Å². The molecule has 3 rings (SSSR count). The molecule has 16 heavy (non-hydrogen) atoms. The molecule has 2 aliphatic rings. The fourth-order valence-electron chi connectivity index (χ4n) is 2.92. The first kappa shape index (κ1) is 9.70. The summed E-state index contributed by atoms with van der Waals surface area (Å²) in [6.45, 7) is 4.07. The van der Waals surface area contributed by atoms with E-state index in [-0.39, 0.29) is 11.6 Å². The third-order valence-corrected chi connectivity index (χ3v) is 4.16. The normalized spacial score (nSPS) is 36.0. The van der Waals surface area contributed by atoms with Crippen LogP contribution in [-0.2, 0) is 16.7 Å². The van der Waals surface area contributed by atoms with Crippen LogP contribution in [0.1, 0.15) is 31.4 Å². The minimum absolute atomic E-state index is 0.304. The number of carbonyl (C=O) groups is 1. The predicted molar refractivity (Wildman–Crippen MR) is 60.1 cm³/mol. The van der Waals surface area contributed by atoms with Gasteiger partial charge in [0.25, 0.3) is 0 Å². The lowest BCUT2D eigenvalue weighted by Crippen LogP contribution is -2.53. The van der Waals surface area contributed by atoms with Gasteiger partial charge in [0, 0.05) is 0 Å². The molecule has 1 fully saturated rings. The molecule has 1 heterocycles. The maximum atomic E-state index is 11.5. The van der Waals surface area contributed by atoms with Crippen molar-refractivity contribution in [3.05, 3.63) is 35.4 Å². The summed E-state index contributed by atoms with van der Waals surface area (Å²) in [5, 5.41) is 2.97. The van der Waals surface area contributed by atoms with E-state index < -0.39 is 5.60 Å². The number of rotatable bonds is 0. The summed E-state index contributed by atoms with van der Waals surface area (Å²) >= 11 is 0. The average Bonchev–Trinajstić information content (AvgIpc) is 2.49. The zero-order valence-electron chi connectivity index (χ0n) is 9.54. The van der Waals surface area contributed by atoms with Gasteiger partial charge in [-0.25, -0.2) is 4.79 Å². The molecular weight excluding hydrogens is 202 g/mol. The molecule has 0 radical (unpaired) electrons. The van der Waals surface area contributed by atoms with Crippen molar-refractivity contribution in [1.82, 2.24) is 5.32 Å². The summed E-state index contributed by atoms with van der Waals surface area (Å²) in [5.74, 6) is 0. The highest BCUT2D eigenvalue weighted by Gasteiger charge is 2.57. The van der Waals surface area contributed by atoms with E-state index in [9.17, 15) is 4.79 Å². The van der Waals surface area contributed by atoms with Gasteiger partial charge in [0.2, 0.25) is 0 Å². The minimum Gasteiger partial charge on any atom is -0.440 e. The lowest BCUT2D eigenvalue weighted by molar-refractivity contribution is 0.00603. The van der Waals surface area contributed by atoms with Gasteiger partial charge in [-0.15, -0.1) is 0 Å². The third kappa shape index (κ3) is 1.01. The topological polar surface area (TPSA) is 38.3 Å². The van der Waals surface area contributed by atoms with Gasteiger partial charge >= 0.3 is 6.09 Å². The Morgan fingerprint density at radius 1 is 1.31 bits per heavy atom. The van der Waals surface area contributed by atoms with Crippen LogP contribution in [0.5, 0.6) is 0 Å². The first-order chi connectivity index (χ1) is 7.55. The van der Waals surface area contributed by atoms with Gasteiger partial charge in [-0.1, -0.05) is 24.3 Å². The lowest BCUT2D eigenvalue weighted by atomic mass is 9.68. The highest BCUT2D eigenvalue weighted by atomic mass is 16.6. The van der Waals surface area contributed by atoms with Crippen molar-refractivity contribution < 1.29 is 9.53 Å². The average molecular weight is 217 g/mol.